The van der Waals surface area contributed by atoms with Gasteiger partial charge in [-0.3, -0.25) is 0 Å². The fraction of sp³-hybridized carbons (Fsp3) is 0.438. The van der Waals surface area contributed by atoms with Crippen LogP contribution in [0.4, 0.5) is 13.2 Å². The maximum Gasteiger partial charge on any atom is 0.573 e. The molecule has 1 heterocycles. The van der Waals surface area contributed by atoms with Crippen LogP contribution >= 0.6 is 0 Å². The molecule has 7 nitrogen and oxygen atoms in total. The fourth-order valence-electron chi connectivity index (χ4n) is 1.93. The molecule has 142 valence electrons. The van der Waals surface area contributed by atoms with Gasteiger partial charge in [-0.2, -0.15) is 4.98 Å². The Morgan fingerprint density at radius 1 is 1.31 bits per heavy atom. The Hall–Kier alpha value is -2.78. The Balaban J connectivity index is 1.76. The van der Waals surface area contributed by atoms with E-state index >= 15 is 0 Å². The van der Waals surface area contributed by atoms with Crippen LogP contribution < -0.4 is 15.8 Å². The molecule has 10 heteroatoms. The monoisotopic (exact) mass is 371 g/mol. The van der Waals surface area contributed by atoms with E-state index in [0.717, 1.165) is 0 Å². The number of hydrogen-bond donors (Lipinski definition) is 2. The number of nitrogens with two attached hydrogens (primary N) is 1. The molecule has 0 aliphatic rings. The third-order valence-electron chi connectivity index (χ3n) is 3.23. The molecular weight excluding hydrogens is 351 g/mol. The number of rotatable bonds is 7. The van der Waals surface area contributed by atoms with Gasteiger partial charge in [0.2, 0.25) is 5.89 Å². The number of nitrogens with one attached hydrogen (secondary N) is 1. The van der Waals surface area contributed by atoms with Gasteiger partial charge in [0, 0.05) is 18.9 Å². The SMILES string of the molecule is CC(C)c1noc(CCNC(N)=NCc2ccc(OC(F)(F)F)cc2)n1. The molecule has 3 N–H and O–H groups in total. The van der Waals surface area contributed by atoms with Crippen molar-refractivity contribution in [2.24, 2.45) is 10.7 Å². The third-order valence-corrected chi connectivity index (χ3v) is 3.23. The van der Waals surface area contributed by atoms with Crippen LogP contribution in [0.2, 0.25) is 0 Å². The van der Waals surface area contributed by atoms with E-state index in [4.69, 9.17) is 10.3 Å². The van der Waals surface area contributed by atoms with E-state index in [1.165, 1.54) is 24.3 Å². The zero-order chi connectivity index (χ0) is 19.2. The maximum absolute atomic E-state index is 12.1. The number of nitrogens with zero attached hydrogens (tertiary/aromatic N) is 3. The average Bonchev–Trinajstić information content (AvgIpc) is 3.02. The largest absolute Gasteiger partial charge is 0.573 e. The highest BCUT2D eigenvalue weighted by molar-refractivity contribution is 5.77. The summed E-state index contributed by atoms with van der Waals surface area (Å²) in [6.07, 6.45) is -4.21. The Morgan fingerprint density at radius 2 is 2.00 bits per heavy atom. The lowest BCUT2D eigenvalue weighted by atomic mass is 10.2. The maximum atomic E-state index is 12.1. The first-order chi connectivity index (χ1) is 12.2. The molecule has 0 spiro atoms. The van der Waals surface area contributed by atoms with Crippen molar-refractivity contribution in [1.82, 2.24) is 15.5 Å². The molecule has 0 atom stereocenters. The van der Waals surface area contributed by atoms with E-state index in [1.807, 2.05) is 13.8 Å². The van der Waals surface area contributed by atoms with Gasteiger partial charge in [-0.05, 0) is 17.7 Å². The summed E-state index contributed by atoms with van der Waals surface area (Å²) in [4.78, 5) is 8.36. The first-order valence-corrected chi connectivity index (χ1v) is 7.94. The van der Waals surface area contributed by atoms with Crippen LogP contribution in [0.3, 0.4) is 0 Å². The summed E-state index contributed by atoms with van der Waals surface area (Å²) >= 11 is 0. The number of aliphatic imine (C=N–C) groups is 1. The molecule has 2 rings (SSSR count). The van der Waals surface area contributed by atoms with Gasteiger partial charge < -0.3 is 20.3 Å². The molecule has 0 aliphatic heterocycles. The molecule has 0 radical (unpaired) electrons. The molecule has 0 amide bonds. The van der Waals surface area contributed by atoms with Crippen molar-refractivity contribution in [2.45, 2.75) is 39.1 Å². The van der Waals surface area contributed by atoms with E-state index in [1.54, 1.807) is 0 Å². The predicted octanol–water partition coefficient (Wildman–Crippen LogP) is 2.74. The highest BCUT2D eigenvalue weighted by atomic mass is 19.4. The summed E-state index contributed by atoms with van der Waals surface area (Å²) < 4.78 is 45.2. The number of aromatic nitrogens is 2. The molecule has 0 aliphatic carbocycles. The Morgan fingerprint density at radius 3 is 2.58 bits per heavy atom. The highest BCUT2D eigenvalue weighted by Gasteiger charge is 2.30. The molecule has 0 fully saturated rings. The number of benzene rings is 1. The summed E-state index contributed by atoms with van der Waals surface area (Å²) in [6, 6.07) is 5.43. The van der Waals surface area contributed by atoms with Gasteiger partial charge in [0.15, 0.2) is 11.8 Å². The second kappa shape index (κ2) is 8.54. The standard InChI is InChI=1S/C16H20F3N5O2/c1-10(2)14-23-13(26-24-14)7-8-21-15(20)22-9-11-3-5-12(6-4-11)25-16(17,18)19/h3-6,10H,7-9H2,1-2H3,(H3,20,21,22). The van der Waals surface area contributed by atoms with E-state index in [-0.39, 0.29) is 24.2 Å². The van der Waals surface area contributed by atoms with Crippen molar-refractivity contribution in [3.63, 3.8) is 0 Å². The normalized spacial score (nSPS) is 12.5. The molecule has 0 unspecified atom stereocenters. The van der Waals surface area contributed by atoms with Gasteiger partial charge in [-0.15, -0.1) is 13.2 Å². The van der Waals surface area contributed by atoms with Crippen LogP contribution in [-0.4, -0.2) is 29.0 Å². The van der Waals surface area contributed by atoms with Crippen molar-refractivity contribution >= 4 is 5.96 Å². The number of hydrogen-bond acceptors (Lipinski definition) is 5. The van der Waals surface area contributed by atoms with Gasteiger partial charge in [0.1, 0.15) is 5.75 Å². The summed E-state index contributed by atoms with van der Waals surface area (Å²) in [7, 11) is 0. The molecule has 1 aromatic carbocycles. The van der Waals surface area contributed by atoms with Gasteiger partial charge in [0.25, 0.3) is 0 Å². The van der Waals surface area contributed by atoms with Crippen molar-refractivity contribution in [1.29, 1.82) is 0 Å². The lowest BCUT2D eigenvalue weighted by Gasteiger charge is -2.09. The third kappa shape index (κ3) is 6.61. The lowest BCUT2D eigenvalue weighted by Crippen LogP contribution is -2.33. The van der Waals surface area contributed by atoms with E-state index < -0.39 is 6.36 Å². The minimum Gasteiger partial charge on any atom is -0.406 e. The average molecular weight is 371 g/mol. The predicted molar refractivity (Wildman–Crippen MR) is 88.5 cm³/mol. The first kappa shape index (κ1) is 19.5. The summed E-state index contributed by atoms with van der Waals surface area (Å²) in [5.74, 6) is 1.29. The van der Waals surface area contributed by atoms with Crippen LogP contribution in [0.5, 0.6) is 5.75 Å². The zero-order valence-electron chi connectivity index (χ0n) is 14.4. The molecule has 0 bridgehead atoms. The Bertz CT molecular complexity index is 726. The molecule has 26 heavy (non-hydrogen) atoms. The molecule has 0 saturated heterocycles. The molecular formula is C16H20F3N5O2. The smallest absolute Gasteiger partial charge is 0.406 e. The van der Waals surface area contributed by atoms with Crippen molar-refractivity contribution < 1.29 is 22.4 Å². The Labute approximate surface area is 148 Å². The summed E-state index contributed by atoms with van der Waals surface area (Å²) in [6.45, 7) is 4.63. The number of halogens is 3. The number of ether oxygens (including phenoxy) is 1. The van der Waals surface area contributed by atoms with Crippen molar-refractivity contribution in [3.05, 3.63) is 41.5 Å². The minimum atomic E-state index is -4.71. The zero-order valence-corrected chi connectivity index (χ0v) is 14.4. The quantitative estimate of drug-likeness (QED) is 0.574. The minimum absolute atomic E-state index is 0.194. The second-order valence-electron chi connectivity index (χ2n) is 5.77. The van der Waals surface area contributed by atoms with E-state index in [0.29, 0.717) is 30.2 Å². The molecule has 0 saturated carbocycles. The van der Waals surface area contributed by atoms with Crippen LogP contribution in [0.1, 0.15) is 37.0 Å². The van der Waals surface area contributed by atoms with Crippen LogP contribution in [0.25, 0.3) is 0 Å². The van der Waals surface area contributed by atoms with Gasteiger partial charge >= 0.3 is 6.36 Å². The highest BCUT2D eigenvalue weighted by Crippen LogP contribution is 2.22. The number of alkyl halides is 3. The summed E-state index contributed by atoms with van der Waals surface area (Å²) in [5, 5.41) is 6.77. The van der Waals surface area contributed by atoms with Crippen LogP contribution in [0.15, 0.2) is 33.8 Å². The summed E-state index contributed by atoms with van der Waals surface area (Å²) in [5.41, 5.74) is 6.45. The fourth-order valence-corrected chi connectivity index (χ4v) is 1.93. The van der Waals surface area contributed by atoms with Gasteiger partial charge in [0.05, 0.1) is 6.54 Å². The number of guanidine groups is 1. The lowest BCUT2D eigenvalue weighted by molar-refractivity contribution is -0.274. The van der Waals surface area contributed by atoms with Crippen LogP contribution in [0, 0.1) is 0 Å². The Kier molecular flexibility index (Phi) is 6.42. The topological polar surface area (TPSA) is 98.6 Å². The van der Waals surface area contributed by atoms with Gasteiger partial charge in [-0.25, -0.2) is 4.99 Å². The van der Waals surface area contributed by atoms with Crippen molar-refractivity contribution in [3.8, 4) is 5.75 Å². The first-order valence-electron chi connectivity index (χ1n) is 7.94. The molecule has 2 aromatic rings. The van der Waals surface area contributed by atoms with E-state index in [2.05, 4.69) is 25.2 Å². The molecule has 1 aromatic heterocycles. The van der Waals surface area contributed by atoms with Gasteiger partial charge in [-0.1, -0.05) is 31.1 Å². The van der Waals surface area contributed by atoms with E-state index in [9.17, 15) is 13.2 Å². The van der Waals surface area contributed by atoms with Crippen LogP contribution in [-0.2, 0) is 13.0 Å². The second-order valence-corrected chi connectivity index (χ2v) is 5.77. The van der Waals surface area contributed by atoms with Crippen molar-refractivity contribution in [2.75, 3.05) is 6.54 Å².